The number of nitrogens with zero attached hydrogens (tertiary/aromatic N) is 2. The van der Waals surface area contributed by atoms with Crippen molar-refractivity contribution in [1.29, 1.82) is 0 Å². The Labute approximate surface area is 232 Å². The molecule has 1 N–H and O–H groups in total. The van der Waals surface area contributed by atoms with Crippen LogP contribution < -0.4 is 5.32 Å². The molecule has 4 aromatic carbocycles. The summed E-state index contributed by atoms with van der Waals surface area (Å²) in [4.78, 5) is 32.7. The number of carbonyl (C=O) groups is 2. The van der Waals surface area contributed by atoms with Gasteiger partial charge in [-0.3, -0.25) is 9.59 Å². The molecule has 2 amide bonds. The van der Waals surface area contributed by atoms with Crippen LogP contribution >= 0.6 is 23.1 Å². The SMILES string of the molecule is O=C(Nc1ccc2nc(SCc3ccc(F)c4ccccc34)sc2c1)c1ccccc1C(=O)N1CCOCC1. The van der Waals surface area contributed by atoms with Gasteiger partial charge in [0.25, 0.3) is 11.8 Å². The molecule has 0 unspecified atom stereocenters. The lowest BCUT2D eigenvalue weighted by molar-refractivity contribution is 0.0302. The fourth-order valence-electron chi connectivity index (χ4n) is 4.64. The molecule has 1 aromatic heterocycles. The Morgan fingerprint density at radius 1 is 0.949 bits per heavy atom. The van der Waals surface area contributed by atoms with E-state index in [-0.39, 0.29) is 17.6 Å². The Balaban J connectivity index is 1.18. The Morgan fingerprint density at radius 3 is 2.51 bits per heavy atom. The van der Waals surface area contributed by atoms with Crippen LogP contribution in [0.3, 0.4) is 0 Å². The van der Waals surface area contributed by atoms with Gasteiger partial charge in [0.1, 0.15) is 5.82 Å². The van der Waals surface area contributed by atoms with E-state index in [4.69, 9.17) is 9.72 Å². The van der Waals surface area contributed by atoms with Crippen molar-refractivity contribution >= 4 is 61.6 Å². The number of aromatic nitrogens is 1. The fraction of sp³-hybridized carbons (Fsp3) is 0.167. The van der Waals surface area contributed by atoms with Gasteiger partial charge < -0.3 is 15.0 Å². The first-order valence-electron chi connectivity index (χ1n) is 12.5. The molecule has 0 bridgehead atoms. The Hall–Kier alpha value is -3.79. The summed E-state index contributed by atoms with van der Waals surface area (Å²) < 4.78 is 21.4. The molecule has 0 aliphatic carbocycles. The average molecular weight is 558 g/mol. The second-order valence-corrected chi connectivity index (χ2v) is 11.4. The number of thioether (sulfide) groups is 1. The first kappa shape index (κ1) is 25.5. The molecule has 2 heterocycles. The lowest BCUT2D eigenvalue weighted by atomic mass is 10.0. The van der Waals surface area contributed by atoms with E-state index in [0.717, 1.165) is 25.5 Å². The predicted octanol–water partition coefficient (Wildman–Crippen LogP) is 6.61. The first-order valence-corrected chi connectivity index (χ1v) is 14.3. The van der Waals surface area contributed by atoms with Crippen LogP contribution in [0.25, 0.3) is 21.0 Å². The minimum absolute atomic E-state index is 0.169. The van der Waals surface area contributed by atoms with E-state index < -0.39 is 0 Å². The number of carbonyl (C=O) groups excluding carboxylic acids is 2. The molecule has 0 radical (unpaired) electrons. The molecular weight excluding hydrogens is 533 g/mol. The van der Waals surface area contributed by atoms with Crippen molar-refractivity contribution in [2.24, 2.45) is 0 Å². The standard InChI is InChI=1S/C30H24FN3O3S2/c31-25-11-9-19(21-5-1-2-6-22(21)25)18-38-30-33-26-12-10-20(17-27(26)39-30)32-28(35)23-7-3-4-8-24(23)29(36)34-13-15-37-16-14-34/h1-12,17H,13-16,18H2,(H,32,35). The number of hydrogen-bond acceptors (Lipinski definition) is 6. The van der Waals surface area contributed by atoms with Crippen LogP contribution in [0.4, 0.5) is 10.1 Å². The second kappa shape index (κ2) is 11.1. The molecule has 196 valence electrons. The molecule has 39 heavy (non-hydrogen) atoms. The van der Waals surface area contributed by atoms with Gasteiger partial charge in [-0.05, 0) is 47.3 Å². The highest BCUT2D eigenvalue weighted by atomic mass is 32.2. The summed E-state index contributed by atoms with van der Waals surface area (Å²) in [6.45, 7) is 2.01. The molecule has 5 aromatic rings. The molecule has 9 heteroatoms. The van der Waals surface area contributed by atoms with Crippen molar-refractivity contribution in [3.05, 3.63) is 101 Å². The van der Waals surface area contributed by atoms with E-state index in [0.29, 0.717) is 54.3 Å². The number of rotatable bonds is 6. The highest BCUT2D eigenvalue weighted by Crippen LogP contribution is 2.34. The molecular formula is C30H24FN3O3S2. The van der Waals surface area contributed by atoms with Crippen molar-refractivity contribution in [1.82, 2.24) is 9.88 Å². The second-order valence-electron chi connectivity index (χ2n) is 9.11. The minimum Gasteiger partial charge on any atom is -0.378 e. The zero-order chi connectivity index (χ0) is 26.8. The molecule has 6 nitrogen and oxygen atoms in total. The third kappa shape index (κ3) is 5.38. The number of ether oxygens (including phenoxy) is 1. The van der Waals surface area contributed by atoms with Crippen LogP contribution in [-0.2, 0) is 10.5 Å². The molecule has 6 rings (SSSR count). The molecule has 1 aliphatic rings. The number of benzene rings is 4. The van der Waals surface area contributed by atoms with Crippen molar-refractivity contribution in [3.8, 4) is 0 Å². The zero-order valence-electron chi connectivity index (χ0n) is 20.9. The van der Waals surface area contributed by atoms with Gasteiger partial charge in [-0.15, -0.1) is 11.3 Å². The molecule has 0 saturated carbocycles. The van der Waals surface area contributed by atoms with Gasteiger partial charge >= 0.3 is 0 Å². The third-order valence-corrected chi connectivity index (χ3v) is 8.85. The van der Waals surface area contributed by atoms with Gasteiger partial charge in [-0.25, -0.2) is 9.37 Å². The highest BCUT2D eigenvalue weighted by molar-refractivity contribution is 8.00. The number of fused-ring (bicyclic) bond motifs is 2. The number of thiazole rings is 1. The van der Waals surface area contributed by atoms with Gasteiger partial charge in [0.2, 0.25) is 0 Å². The van der Waals surface area contributed by atoms with Crippen molar-refractivity contribution in [2.45, 2.75) is 10.1 Å². The van der Waals surface area contributed by atoms with Crippen LogP contribution in [0.5, 0.6) is 0 Å². The van der Waals surface area contributed by atoms with E-state index in [1.54, 1.807) is 58.3 Å². The quantitative estimate of drug-likeness (QED) is 0.238. The maximum absolute atomic E-state index is 14.2. The van der Waals surface area contributed by atoms with E-state index in [2.05, 4.69) is 5.32 Å². The van der Waals surface area contributed by atoms with Crippen LogP contribution in [0.15, 0.2) is 83.2 Å². The molecule has 1 fully saturated rings. The lowest BCUT2D eigenvalue weighted by Gasteiger charge is -2.27. The van der Waals surface area contributed by atoms with Gasteiger partial charge in [0.05, 0.1) is 34.6 Å². The van der Waals surface area contributed by atoms with E-state index in [9.17, 15) is 14.0 Å². The topological polar surface area (TPSA) is 71.5 Å². The van der Waals surface area contributed by atoms with Crippen LogP contribution in [0.1, 0.15) is 26.3 Å². The lowest BCUT2D eigenvalue weighted by Crippen LogP contribution is -2.41. The van der Waals surface area contributed by atoms with E-state index >= 15 is 0 Å². The summed E-state index contributed by atoms with van der Waals surface area (Å²) >= 11 is 3.14. The molecule has 1 saturated heterocycles. The Morgan fingerprint density at radius 2 is 1.69 bits per heavy atom. The summed E-state index contributed by atoms with van der Waals surface area (Å²) in [7, 11) is 0. The number of morpholine rings is 1. The zero-order valence-corrected chi connectivity index (χ0v) is 22.5. The molecule has 0 atom stereocenters. The first-order chi connectivity index (χ1) is 19.1. The Bertz CT molecular complexity index is 1700. The predicted molar refractivity (Wildman–Crippen MR) is 154 cm³/mol. The van der Waals surface area contributed by atoms with Crippen molar-refractivity contribution < 1.29 is 18.7 Å². The van der Waals surface area contributed by atoms with Crippen LogP contribution in [-0.4, -0.2) is 48.0 Å². The van der Waals surface area contributed by atoms with Gasteiger partial charge in [0, 0.05) is 29.9 Å². The summed E-state index contributed by atoms with van der Waals surface area (Å²) in [5.41, 5.74) is 3.23. The van der Waals surface area contributed by atoms with Crippen LogP contribution in [0, 0.1) is 5.82 Å². The number of anilines is 1. The summed E-state index contributed by atoms with van der Waals surface area (Å²) in [6, 6.07) is 23.3. The summed E-state index contributed by atoms with van der Waals surface area (Å²) in [5, 5.41) is 4.47. The van der Waals surface area contributed by atoms with Crippen LogP contribution in [0.2, 0.25) is 0 Å². The monoisotopic (exact) mass is 557 g/mol. The van der Waals surface area contributed by atoms with Gasteiger partial charge in [0.15, 0.2) is 4.34 Å². The Kier molecular flexibility index (Phi) is 7.28. The normalized spacial score (nSPS) is 13.6. The summed E-state index contributed by atoms with van der Waals surface area (Å²) in [6.07, 6.45) is 0. The van der Waals surface area contributed by atoms with Crippen molar-refractivity contribution in [2.75, 3.05) is 31.6 Å². The van der Waals surface area contributed by atoms with Gasteiger partial charge in [-0.1, -0.05) is 54.2 Å². The minimum atomic E-state index is -0.339. The number of hydrogen-bond donors (Lipinski definition) is 1. The largest absolute Gasteiger partial charge is 0.378 e. The third-order valence-electron chi connectivity index (χ3n) is 6.64. The van der Waals surface area contributed by atoms with E-state index in [1.165, 1.54) is 6.07 Å². The smallest absolute Gasteiger partial charge is 0.256 e. The molecule has 1 aliphatic heterocycles. The fourth-order valence-corrected chi connectivity index (χ4v) is 6.75. The van der Waals surface area contributed by atoms with E-state index in [1.807, 2.05) is 42.5 Å². The maximum atomic E-state index is 14.2. The molecule has 0 spiro atoms. The maximum Gasteiger partial charge on any atom is 0.256 e. The van der Waals surface area contributed by atoms with Crippen molar-refractivity contribution in [3.63, 3.8) is 0 Å². The average Bonchev–Trinajstić information content (AvgIpc) is 3.39. The number of nitrogens with one attached hydrogen (secondary N) is 1. The summed E-state index contributed by atoms with van der Waals surface area (Å²) in [5.74, 6) is -0.0635. The number of amides is 2. The highest BCUT2D eigenvalue weighted by Gasteiger charge is 2.23. The van der Waals surface area contributed by atoms with Gasteiger partial charge in [-0.2, -0.15) is 0 Å². The number of halogens is 1.